The van der Waals surface area contributed by atoms with Crippen molar-refractivity contribution in [1.82, 2.24) is 5.32 Å². The average Bonchev–Trinajstić information content (AvgIpc) is 2.54. The molecule has 2 N–H and O–H groups in total. The van der Waals surface area contributed by atoms with Gasteiger partial charge in [-0.15, -0.1) is 0 Å². The number of carbonyl (C=O) groups is 1. The summed E-state index contributed by atoms with van der Waals surface area (Å²) in [7, 11) is 1.65. The summed E-state index contributed by atoms with van der Waals surface area (Å²) in [6, 6.07) is 15.8. The van der Waals surface area contributed by atoms with Crippen LogP contribution in [0.3, 0.4) is 0 Å². The molecule has 0 aliphatic rings. The zero-order valence-electron chi connectivity index (χ0n) is 13.1. The first-order valence-electron chi connectivity index (χ1n) is 7.38. The molecular weight excluding hydrogens is 276 g/mol. The third-order valence-corrected chi connectivity index (χ3v) is 3.45. The highest BCUT2D eigenvalue weighted by Crippen LogP contribution is 2.13. The van der Waals surface area contributed by atoms with Crippen LogP contribution in [0.25, 0.3) is 0 Å². The molecule has 0 bridgehead atoms. The van der Waals surface area contributed by atoms with Crippen molar-refractivity contribution >= 4 is 11.6 Å². The van der Waals surface area contributed by atoms with Crippen molar-refractivity contribution < 1.29 is 9.53 Å². The number of ether oxygens (including phenoxy) is 1. The van der Waals surface area contributed by atoms with Gasteiger partial charge in [0, 0.05) is 12.2 Å². The van der Waals surface area contributed by atoms with E-state index in [1.54, 1.807) is 7.11 Å². The van der Waals surface area contributed by atoms with Gasteiger partial charge in [0.25, 0.3) is 0 Å². The molecule has 4 nitrogen and oxygen atoms in total. The Bertz CT molecular complexity index is 626. The lowest BCUT2D eigenvalue weighted by atomic mass is 10.1. The lowest BCUT2D eigenvalue weighted by molar-refractivity contribution is -0.119. The van der Waals surface area contributed by atoms with Gasteiger partial charge in [0.15, 0.2) is 0 Å². The van der Waals surface area contributed by atoms with Gasteiger partial charge < -0.3 is 15.4 Å². The minimum atomic E-state index is -0.00820. The largest absolute Gasteiger partial charge is 0.497 e. The summed E-state index contributed by atoms with van der Waals surface area (Å²) in [5, 5.41) is 6.06. The molecule has 0 atom stereocenters. The summed E-state index contributed by atoms with van der Waals surface area (Å²) < 4.78 is 5.18. The van der Waals surface area contributed by atoms with E-state index in [4.69, 9.17) is 4.74 Å². The SMILES string of the molecule is COc1cccc(CCNC(=O)CNc2ccccc2C)c1. The summed E-state index contributed by atoms with van der Waals surface area (Å²) >= 11 is 0. The number of methoxy groups -OCH3 is 1. The highest BCUT2D eigenvalue weighted by Gasteiger charge is 2.03. The molecule has 0 fully saturated rings. The number of nitrogens with one attached hydrogen (secondary N) is 2. The van der Waals surface area contributed by atoms with Crippen LogP contribution in [0.2, 0.25) is 0 Å². The van der Waals surface area contributed by atoms with Crippen molar-refractivity contribution in [2.24, 2.45) is 0 Å². The van der Waals surface area contributed by atoms with Gasteiger partial charge in [0.2, 0.25) is 5.91 Å². The van der Waals surface area contributed by atoms with Crippen LogP contribution < -0.4 is 15.4 Å². The predicted octanol–water partition coefficient (Wildman–Crippen LogP) is 2.77. The Morgan fingerprint density at radius 1 is 1.14 bits per heavy atom. The van der Waals surface area contributed by atoms with Crippen LogP contribution in [0.1, 0.15) is 11.1 Å². The Morgan fingerprint density at radius 2 is 1.95 bits per heavy atom. The van der Waals surface area contributed by atoms with Gasteiger partial charge in [-0.3, -0.25) is 4.79 Å². The minimum Gasteiger partial charge on any atom is -0.497 e. The van der Waals surface area contributed by atoms with Crippen molar-refractivity contribution in [1.29, 1.82) is 0 Å². The van der Waals surface area contributed by atoms with Gasteiger partial charge in [-0.25, -0.2) is 0 Å². The minimum absolute atomic E-state index is 0.00820. The highest BCUT2D eigenvalue weighted by molar-refractivity contribution is 5.80. The Labute approximate surface area is 131 Å². The second kappa shape index (κ2) is 8.08. The Balaban J connectivity index is 1.72. The number of para-hydroxylation sites is 1. The number of rotatable bonds is 7. The van der Waals surface area contributed by atoms with E-state index in [1.165, 1.54) is 0 Å². The van der Waals surface area contributed by atoms with E-state index >= 15 is 0 Å². The number of hydrogen-bond donors (Lipinski definition) is 2. The van der Waals surface area contributed by atoms with Gasteiger partial charge >= 0.3 is 0 Å². The number of amides is 1. The zero-order chi connectivity index (χ0) is 15.8. The fourth-order valence-corrected chi connectivity index (χ4v) is 2.18. The smallest absolute Gasteiger partial charge is 0.239 e. The molecule has 22 heavy (non-hydrogen) atoms. The lowest BCUT2D eigenvalue weighted by Crippen LogP contribution is -2.31. The molecule has 0 unspecified atom stereocenters. The number of benzene rings is 2. The molecule has 2 rings (SSSR count). The first kappa shape index (κ1) is 15.9. The topological polar surface area (TPSA) is 50.4 Å². The van der Waals surface area contributed by atoms with Crippen LogP contribution in [0.4, 0.5) is 5.69 Å². The van der Waals surface area contributed by atoms with Crippen LogP contribution in [-0.2, 0) is 11.2 Å². The van der Waals surface area contributed by atoms with E-state index < -0.39 is 0 Å². The number of aryl methyl sites for hydroxylation is 1. The molecule has 0 spiro atoms. The summed E-state index contributed by atoms with van der Waals surface area (Å²) in [6.07, 6.45) is 0.785. The molecule has 0 saturated heterocycles. The second-order valence-electron chi connectivity index (χ2n) is 5.12. The molecule has 0 radical (unpaired) electrons. The maximum atomic E-state index is 11.8. The van der Waals surface area contributed by atoms with Crippen LogP contribution in [0.15, 0.2) is 48.5 Å². The molecule has 116 valence electrons. The molecule has 2 aromatic rings. The Kier molecular flexibility index (Phi) is 5.83. The monoisotopic (exact) mass is 298 g/mol. The molecular formula is C18H22N2O2. The predicted molar refractivity (Wildman–Crippen MR) is 89.4 cm³/mol. The normalized spacial score (nSPS) is 10.1. The fourth-order valence-electron chi connectivity index (χ4n) is 2.18. The molecule has 0 heterocycles. The third kappa shape index (κ3) is 4.81. The second-order valence-corrected chi connectivity index (χ2v) is 5.12. The van der Waals surface area contributed by atoms with Crippen molar-refractivity contribution in [2.45, 2.75) is 13.3 Å². The standard InChI is InChI=1S/C18H22N2O2/c1-14-6-3-4-9-17(14)20-13-18(21)19-11-10-15-7-5-8-16(12-15)22-2/h3-9,12,20H,10-11,13H2,1-2H3,(H,19,21). The van der Waals surface area contributed by atoms with Gasteiger partial charge in [-0.2, -0.15) is 0 Å². The van der Waals surface area contributed by atoms with Crippen molar-refractivity contribution in [3.63, 3.8) is 0 Å². The van der Waals surface area contributed by atoms with E-state index in [-0.39, 0.29) is 12.5 Å². The van der Waals surface area contributed by atoms with Gasteiger partial charge in [0.05, 0.1) is 13.7 Å². The van der Waals surface area contributed by atoms with Gasteiger partial charge in [0.1, 0.15) is 5.75 Å². The molecule has 0 aromatic heterocycles. The number of hydrogen-bond acceptors (Lipinski definition) is 3. The summed E-state index contributed by atoms with van der Waals surface area (Å²) in [4.78, 5) is 11.8. The van der Waals surface area contributed by atoms with Gasteiger partial charge in [-0.1, -0.05) is 30.3 Å². The van der Waals surface area contributed by atoms with Crippen molar-refractivity contribution in [3.05, 3.63) is 59.7 Å². The molecule has 1 amide bonds. The molecule has 0 aliphatic heterocycles. The van der Waals surface area contributed by atoms with Crippen LogP contribution >= 0.6 is 0 Å². The van der Waals surface area contributed by atoms with E-state index in [0.29, 0.717) is 6.54 Å². The number of carbonyl (C=O) groups excluding carboxylic acids is 1. The maximum absolute atomic E-state index is 11.8. The average molecular weight is 298 g/mol. The van der Waals surface area contributed by atoms with Crippen molar-refractivity contribution in [3.8, 4) is 5.75 Å². The quantitative estimate of drug-likeness (QED) is 0.826. The first-order valence-corrected chi connectivity index (χ1v) is 7.38. The zero-order valence-corrected chi connectivity index (χ0v) is 13.1. The molecule has 4 heteroatoms. The molecule has 0 saturated carbocycles. The number of anilines is 1. The van der Waals surface area contributed by atoms with E-state index in [1.807, 2.05) is 55.5 Å². The Hall–Kier alpha value is -2.49. The first-order chi connectivity index (χ1) is 10.7. The van der Waals surface area contributed by atoms with Crippen LogP contribution in [0.5, 0.6) is 5.75 Å². The maximum Gasteiger partial charge on any atom is 0.239 e. The highest BCUT2D eigenvalue weighted by atomic mass is 16.5. The molecule has 0 aliphatic carbocycles. The van der Waals surface area contributed by atoms with E-state index in [2.05, 4.69) is 10.6 Å². The van der Waals surface area contributed by atoms with Crippen LogP contribution in [-0.4, -0.2) is 26.1 Å². The van der Waals surface area contributed by atoms with E-state index in [9.17, 15) is 4.79 Å². The summed E-state index contributed by atoms with van der Waals surface area (Å²) in [5.74, 6) is 0.830. The van der Waals surface area contributed by atoms with E-state index in [0.717, 1.165) is 29.0 Å². The van der Waals surface area contributed by atoms with Crippen molar-refractivity contribution in [2.75, 3.05) is 25.5 Å². The Morgan fingerprint density at radius 3 is 2.73 bits per heavy atom. The molecule has 2 aromatic carbocycles. The van der Waals surface area contributed by atoms with Gasteiger partial charge in [-0.05, 0) is 42.7 Å². The van der Waals surface area contributed by atoms with Crippen LogP contribution in [0, 0.1) is 6.92 Å². The fraction of sp³-hybridized carbons (Fsp3) is 0.278. The lowest BCUT2D eigenvalue weighted by Gasteiger charge is -2.10. The summed E-state index contributed by atoms with van der Waals surface area (Å²) in [5.41, 5.74) is 3.27. The third-order valence-electron chi connectivity index (χ3n) is 3.45. The summed E-state index contributed by atoms with van der Waals surface area (Å²) in [6.45, 7) is 2.91.